The van der Waals surface area contributed by atoms with E-state index in [0.717, 1.165) is 0 Å². The number of fused-ring (bicyclic) bond motifs is 1. The predicted molar refractivity (Wildman–Crippen MR) is 111 cm³/mol. The number of nitro benzene ring substituents is 1. The lowest BCUT2D eigenvalue weighted by atomic mass is 10.1. The van der Waals surface area contributed by atoms with Crippen LogP contribution >= 0.6 is 11.6 Å². The van der Waals surface area contributed by atoms with E-state index in [-0.39, 0.29) is 33.4 Å². The van der Waals surface area contributed by atoms with Gasteiger partial charge in [-0.1, -0.05) is 29.8 Å². The van der Waals surface area contributed by atoms with Gasteiger partial charge in [0.05, 0.1) is 21.6 Å². The van der Waals surface area contributed by atoms with Crippen molar-refractivity contribution in [2.24, 2.45) is 5.73 Å². The number of carbonyl (C=O) groups is 2. The maximum Gasteiger partial charge on any atom is 0.298 e. The number of furan rings is 1. The van der Waals surface area contributed by atoms with Crippen molar-refractivity contribution in [3.05, 3.63) is 86.8 Å². The van der Waals surface area contributed by atoms with E-state index in [9.17, 15) is 19.7 Å². The number of hydrogen-bond acceptors (Lipinski definition) is 5. The third-order valence-corrected chi connectivity index (χ3v) is 5.03. The number of primary amides is 1. The quantitative estimate of drug-likeness (QED) is 0.381. The van der Waals surface area contributed by atoms with Crippen molar-refractivity contribution >= 4 is 40.0 Å². The predicted octanol–water partition coefficient (Wildman–Crippen LogP) is 4.56. The lowest BCUT2D eigenvalue weighted by Crippen LogP contribution is -2.16. The van der Waals surface area contributed by atoms with Crippen molar-refractivity contribution < 1.29 is 18.9 Å². The van der Waals surface area contributed by atoms with Gasteiger partial charge in [-0.25, -0.2) is 0 Å². The highest BCUT2D eigenvalue weighted by Gasteiger charge is 2.25. The largest absolute Gasteiger partial charge is 0.451 e. The number of carbonyl (C=O) groups excluding carboxylic acids is 2. The molecule has 4 aromatic rings. The maximum absolute atomic E-state index is 13.2. The monoisotopic (exact) mass is 423 g/mol. The van der Waals surface area contributed by atoms with Crippen LogP contribution in [-0.2, 0) is 0 Å². The van der Waals surface area contributed by atoms with Gasteiger partial charge in [0.25, 0.3) is 17.5 Å². The standard InChI is InChI=1S/C21H14ClN3O5/c1-11-19(20(23)26)14-4-2-3-5-15(14)24(11)21(27)18-9-8-17(30-18)13-7-6-12(22)10-16(13)25(28)29/h2-10H,1H3,(H2,23,26). The molecule has 8 nitrogen and oxygen atoms in total. The number of nitro groups is 1. The minimum atomic E-state index is -0.646. The fraction of sp³-hybridized carbons (Fsp3) is 0.0476. The average molecular weight is 424 g/mol. The van der Waals surface area contributed by atoms with Gasteiger partial charge in [0, 0.05) is 22.2 Å². The molecule has 1 amide bonds. The number of nitrogens with zero attached hydrogens (tertiary/aromatic N) is 2. The highest BCUT2D eigenvalue weighted by atomic mass is 35.5. The Morgan fingerprint density at radius 2 is 1.87 bits per heavy atom. The number of benzene rings is 2. The summed E-state index contributed by atoms with van der Waals surface area (Å²) >= 11 is 5.85. The van der Waals surface area contributed by atoms with E-state index >= 15 is 0 Å². The Labute approximate surface area is 174 Å². The molecule has 0 atom stereocenters. The Kier molecular flexibility index (Phi) is 4.63. The first-order valence-corrected chi connectivity index (χ1v) is 9.16. The lowest BCUT2D eigenvalue weighted by molar-refractivity contribution is -0.384. The fourth-order valence-corrected chi connectivity index (χ4v) is 3.68. The molecule has 9 heteroatoms. The van der Waals surface area contributed by atoms with Gasteiger partial charge in [0.2, 0.25) is 0 Å². The van der Waals surface area contributed by atoms with E-state index in [2.05, 4.69) is 0 Å². The second-order valence-electron chi connectivity index (χ2n) is 6.56. The van der Waals surface area contributed by atoms with Crippen LogP contribution in [-0.4, -0.2) is 21.3 Å². The van der Waals surface area contributed by atoms with Crippen molar-refractivity contribution in [3.63, 3.8) is 0 Å². The molecule has 0 aliphatic carbocycles. The SMILES string of the molecule is Cc1c(C(N)=O)c2ccccc2n1C(=O)c1ccc(-c2ccc(Cl)cc2[N+](=O)[O-])o1. The van der Waals surface area contributed by atoms with Crippen LogP contribution in [0, 0.1) is 17.0 Å². The molecule has 2 N–H and O–H groups in total. The molecule has 2 heterocycles. The molecule has 0 fully saturated rings. The van der Waals surface area contributed by atoms with Gasteiger partial charge < -0.3 is 10.2 Å². The number of aromatic nitrogens is 1. The third-order valence-electron chi connectivity index (χ3n) is 4.80. The molecule has 2 aromatic carbocycles. The Bertz CT molecular complexity index is 1350. The second kappa shape index (κ2) is 7.16. The Hall–Kier alpha value is -3.91. The van der Waals surface area contributed by atoms with Gasteiger partial charge in [-0.15, -0.1) is 0 Å². The first-order chi connectivity index (χ1) is 14.3. The van der Waals surface area contributed by atoms with E-state index < -0.39 is 16.7 Å². The summed E-state index contributed by atoms with van der Waals surface area (Å²) in [7, 11) is 0. The number of amides is 1. The molecule has 30 heavy (non-hydrogen) atoms. The van der Waals surface area contributed by atoms with Crippen LogP contribution in [0.2, 0.25) is 5.02 Å². The van der Waals surface area contributed by atoms with Gasteiger partial charge >= 0.3 is 0 Å². The highest BCUT2D eigenvalue weighted by Crippen LogP contribution is 2.34. The normalized spacial score (nSPS) is 11.0. The van der Waals surface area contributed by atoms with Gasteiger partial charge in [-0.2, -0.15) is 0 Å². The van der Waals surface area contributed by atoms with E-state index in [1.807, 2.05) is 0 Å². The van der Waals surface area contributed by atoms with E-state index in [0.29, 0.717) is 16.6 Å². The zero-order chi connectivity index (χ0) is 21.6. The molecule has 4 rings (SSSR count). The molecule has 0 saturated carbocycles. The van der Waals surface area contributed by atoms with Gasteiger partial charge in [0.15, 0.2) is 5.76 Å². The Balaban J connectivity index is 1.83. The van der Waals surface area contributed by atoms with Crippen LogP contribution in [0.3, 0.4) is 0 Å². The van der Waals surface area contributed by atoms with Crippen LogP contribution < -0.4 is 5.73 Å². The zero-order valence-corrected chi connectivity index (χ0v) is 16.3. The average Bonchev–Trinajstić information content (AvgIpc) is 3.29. The summed E-state index contributed by atoms with van der Waals surface area (Å²) in [5.74, 6) is -1.08. The molecule has 0 aliphatic rings. The molecular formula is C21H14ClN3O5. The van der Waals surface area contributed by atoms with Crippen molar-refractivity contribution in [3.8, 4) is 11.3 Å². The molecule has 0 aliphatic heterocycles. The highest BCUT2D eigenvalue weighted by molar-refractivity contribution is 6.31. The van der Waals surface area contributed by atoms with Crippen LogP contribution in [0.15, 0.2) is 59.0 Å². The summed E-state index contributed by atoms with van der Waals surface area (Å²) in [4.78, 5) is 35.9. The lowest BCUT2D eigenvalue weighted by Gasteiger charge is -2.05. The van der Waals surface area contributed by atoms with E-state index in [1.54, 1.807) is 31.2 Å². The molecular weight excluding hydrogens is 410 g/mol. The summed E-state index contributed by atoms with van der Waals surface area (Å²) in [5.41, 5.74) is 6.59. The first kappa shape index (κ1) is 19.4. The van der Waals surface area contributed by atoms with E-state index in [1.165, 1.54) is 34.9 Å². The van der Waals surface area contributed by atoms with Crippen LogP contribution in [0.4, 0.5) is 5.69 Å². The molecule has 150 valence electrons. The minimum absolute atomic E-state index is 0.0471. The van der Waals surface area contributed by atoms with Crippen LogP contribution in [0.1, 0.15) is 26.6 Å². The second-order valence-corrected chi connectivity index (χ2v) is 7.00. The Morgan fingerprint density at radius 1 is 1.13 bits per heavy atom. The van der Waals surface area contributed by atoms with Crippen molar-refractivity contribution in [1.29, 1.82) is 0 Å². The molecule has 0 saturated heterocycles. The number of rotatable bonds is 4. The summed E-state index contributed by atoms with van der Waals surface area (Å²) in [5, 5.41) is 12.1. The summed E-state index contributed by atoms with van der Waals surface area (Å²) in [6, 6.07) is 13.9. The Morgan fingerprint density at radius 3 is 2.57 bits per heavy atom. The van der Waals surface area contributed by atoms with E-state index in [4.69, 9.17) is 21.8 Å². The zero-order valence-electron chi connectivity index (χ0n) is 15.6. The van der Waals surface area contributed by atoms with Gasteiger partial charge in [0.1, 0.15) is 5.76 Å². The van der Waals surface area contributed by atoms with Crippen molar-refractivity contribution in [2.75, 3.05) is 0 Å². The molecule has 0 unspecified atom stereocenters. The van der Waals surface area contributed by atoms with Crippen molar-refractivity contribution in [1.82, 2.24) is 4.57 Å². The van der Waals surface area contributed by atoms with Crippen molar-refractivity contribution in [2.45, 2.75) is 6.92 Å². The minimum Gasteiger partial charge on any atom is -0.451 e. The maximum atomic E-state index is 13.2. The molecule has 0 bridgehead atoms. The van der Waals surface area contributed by atoms with Crippen LogP contribution in [0.5, 0.6) is 0 Å². The summed E-state index contributed by atoms with van der Waals surface area (Å²) in [6.45, 7) is 1.62. The first-order valence-electron chi connectivity index (χ1n) is 8.78. The topological polar surface area (TPSA) is 121 Å². The number of para-hydroxylation sites is 1. The number of hydrogen-bond donors (Lipinski definition) is 1. The molecule has 0 spiro atoms. The summed E-state index contributed by atoms with van der Waals surface area (Å²) < 4.78 is 7.00. The fourth-order valence-electron chi connectivity index (χ4n) is 3.51. The number of halogens is 1. The van der Waals surface area contributed by atoms with Crippen LogP contribution in [0.25, 0.3) is 22.2 Å². The smallest absolute Gasteiger partial charge is 0.298 e. The third kappa shape index (κ3) is 3.03. The molecule has 2 aromatic heterocycles. The molecule has 0 radical (unpaired) electrons. The van der Waals surface area contributed by atoms with Gasteiger partial charge in [-0.3, -0.25) is 24.3 Å². The summed E-state index contributed by atoms with van der Waals surface area (Å²) in [6.07, 6.45) is 0. The van der Waals surface area contributed by atoms with Gasteiger partial charge in [-0.05, 0) is 37.3 Å². The number of nitrogens with two attached hydrogens (primary N) is 1.